The van der Waals surface area contributed by atoms with E-state index in [1.54, 1.807) is 35.2 Å². The van der Waals surface area contributed by atoms with Crippen LogP contribution in [-0.2, 0) is 26.2 Å². The van der Waals surface area contributed by atoms with Gasteiger partial charge in [-0.3, -0.25) is 11.9 Å². The van der Waals surface area contributed by atoms with E-state index < -0.39 is 6.17 Å². The van der Waals surface area contributed by atoms with Crippen LogP contribution in [0.15, 0.2) is 0 Å². The van der Waals surface area contributed by atoms with Gasteiger partial charge in [-0.15, -0.1) is 0 Å². The normalized spacial score (nSPS) is 20.3. The van der Waals surface area contributed by atoms with Gasteiger partial charge in [0.25, 0.3) is 0 Å². The van der Waals surface area contributed by atoms with E-state index in [1.807, 2.05) is 0 Å². The third-order valence-electron chi connectivity index (χ3n) is 1.98. The molecule has 1 aliphatic carbocycles. The van der Waals surface area contributed by atoms with E-state index in [-0.39, 0.29) is 39.5 Å². The third kappa shape index (κ3) is 19.4. The van der Waals surface area contributed by atoms with Gasteiger partial charge in [0.15, 0.2) is 0 Å². The summed E-state index contributed by atoms with van der Waals surface area (Å²) in [6.45, 7) is 0. The molecule has 1 aliphatic rings. The van der Waals surface area contributed by atoms with Crippen LogP contribution in [0, 0.1) is 13.3 Å². The first kappa shape index (κ1) is 27.4. The molecule has 0 radical (unpaired) electrons. The molecule has 3 nitrogen and oxygen atoms in total. The Morgan fingerprint density at radius 3 is 1.78 bits per heavy atom. The van der Waals surface area contributed by atoms with Gasteiger partial charge in [-0.05, 0) is 24.5 Å². The van der Waals surface area contributed by atoms with Gasteiger partial charge in [0.05, 0.1) is 0 Å². The summed E-state index contributed by atoms with van der Waals surface area (Å²) >= 11 is 1.49. The molecule has 0 aliphatic heterocycles. The molecule has 0 spiro atoms. The van der Waals surface area contributed by atoms with Crippen molar-refractivity contribution in [2.75, 3.05) is 41.0 Å². The van der Waals surface area contributed by atoms with Gasteiger partial charge in [-0.1, -0.05) is 6.42 Å². The zero-order valence-corrected chi connectivity index (χ0v) is 15.9. The van der Waals surface area contributed by atoms with Crippen LogP contribution >= 0.6 is 11.9 Å². The molecule has 2 unspecified atom stereocenters. The Balaban J connectivity index is -0.000000106. The van der Waals surface area contributed by atoms with Crippen LogP contribution in [0.25, 0.3) is 15.4 Å². The van der Waals surface area contributed by atoms with Crippen molar-refractivity contribution in [3.05, 3.63) is 22.8 Å². The van der Waals surface area contributed by atoms with Gasteiger partial charge in [-0.25, -0.2) is 4.39 Å². The average Bonchev–Trinajstić information content (AvgIpc) is 2.63. The fourth-order valence-corrected chi connectivity index (χ4v) is 2.07. The molecule has 108 valence electrons. The molecule has 0 N–H and O–H groups in total. The number of alkyl halides is 1. The molecule has 2 atom stereocenters. The summed E-state index contributed by atoms with van der Waals surface area (Å²) in [7, 11) is 8.76. The Kier molecular flexibility index (Phi) is 35.2. The van der Waals surface area contributed by atoms with E-state index in [4.69, 9.17) is 0 Å². The topological polar surface area (TPSA) is 42.3 Å². The van der Waals surface area contributed by atoms with Gasteiger partial charge in [-0.2, -0.15) is 35.2 Å². The molecule has 6 heteroatoms. The van der Waals surface area contributed by atoms with E-state index in [0.29, 0.717) is 0 Å². The van der Waals surface area contributed by atoms with Crippen LogP contribution < -0.4 is 0 Å². The standard InChI is InChI=1S/C7H13FNS.2C2H6N.CH3.Zr/c1-9-10-5-6-3-2-4-7(6)8;2*1-3-2;;/h6-7H,2-5H2,1H3;2*1-2H3;1H3;/q4*-1;+4. The summed E-state index contributed by atoms with van der Waals surface area (Å²) in [5, 5.41) is 7.00. The first-order valence-electron chi connectivity index (χ1n) is 5.48. The molecular weight excluding hydrogens is 328 g/mol. The van der Waals surface area contributed by atoms with Crippen molar-refractivity contribution in [1.82, 2.24) is 0 Å². The largest absolute Gasteiger partial charge is 4.00 e. The van der Waals surface area contributed by atoms with Gasteiger partial charge >= 0.3 is 26.2 Å². The molecule has 0 heterocycles. The second-order valence-corrected chi connectivity index (χ2v) is 4.54. The van der Waals surface area contributed by atoms with Gasteiger partial charge in [0, 0.05) is 0 Å². The maximum Gasteiger partial charge on any atom is 4.00 e. The summed E-state index contributed by atoms with van der Waals surface area (Å²) in [6, 6.07) is 0. The summed E-state index contributed by atoms with van der Waals surface area (Å²) in [6.07, 6.45) is 2.35. The Morgan fingerprint density at radius 1 is 1.06 bits per heavy atom. The molecule has 0 bridgehead atoms. The Hall–Kier alpha value is 1.04. The maximum absolute atomic E-state index is 12.9. The van der Waals surface area contributed by atoms with E-state index in [9.17, 15) is 4.39 Å². The van der Waals surface area contributed by atoms with Gasteiger partial charge < -0.3 is 22.8 Å². The van der Waals surface area contributed by atoms with Crippen molar-refractivity contribution < 1.29 is 30.6 Å². The van der Waals surface area contributed by atoms with E-state index >= 15 is 0 Å². The summed E-state index contributed by atoms with van der Waals surface area (Å²) in [5.41, 5.74) is 0. The maximum atomic E-state index is 12.9. The van der Waals surface area contributed by atoms with E-state index in [1.165, 1.54) is 11.9 Å². The average molecular weight is 357 g/mol. The monoisotopic (exact) mass is 355 g/mol. The van der Waals surface area contributed by atoms with Crippen LogP contribution in [0.3, 0.4) is 0 Å². The molecule has 0 amide bonds. The molecule has 18 heavy (non-hydrogen) atoms. The smallest absolute Gasteiger partial charge is 0.668 e. The van der Waals surface area contributed by atoms with E-state index in [0.717, 1.165) is 25.0 Å². The Bertz CT molecular complexity index is 132. The van der Waals surface area contributed by atoms with Crippen LogP contribution in [0.5, 0.6) is 0 Å². The number of nitrogens with zero attached hydrogens (tertiary/aromatic N) is 3. The minimum atomic E-state index is -0.547. The first-order chi connectivity index (χ1) is 7.67. The van der Waals surface area contributed by atoms with Crippen molar-refractivity contribution in [3.8, 4) is 0 Å². The molecule has 0 saturated heterocycles. The van der Waals surface area contributed by atoms with Crippen LogP contribution in [0.1, 0.15) is 19.3 Å². The second-order valence-electron chi connectivity index (χ2n) is 3.58. The zero-order chi connectivity index (χ0) is 12.8. The summed E-state index contributed by atoms with van der Waals surface area (Å²) in [4.78, 5) is 0. The first-order valence-corrected chi connectivity index (χ1v) is 6.43. The summed E-state index contributed by atoms with van der Waals surface area (Å²) in [5.74, 6) is 1.16. The molecule has 1 fully saturated rings. The molecular formula is C12H28FN3SZr. The fourth-order valence-electron chi connectivity index (χ4n) is 1.35. The zero-order valence-electron chi connectivity index (χ0n) is 12.6. The van der Waals surface area contributed by atoms with Crippen LogP contribution in [0.2, 0.25) is 0 Å². The predicted molar refractivity (Wildman–Crippen MR) is 80.8 cm³/mol. The number of rotatable bonds is 3. The third-order valence-corrected chi connectivity index (χ3v) is 2.82. The SMILES string of the molecule is C[N-]C.C[N-]C.C[N-]SCC1CCCC1F.[CH3-].[Zr+4]. The number of halogens is 1. The van der Waals surface area contributed by atoms with Crippen molar-refractivity contribution in [2.24, 2.45) is 5.92 Å². The number of hydrogen-bond donors (Lipinski definition) is 0. The minimum Gasteiger partial charge on any atom is -0.668 e. The van der Waals surface area contributed by atoms with E-state index in [2.05, 4.69) is 15.4 Å². The second kappa shape index (κ2) is 23.2. The Morgan fingerprint density at radius 2 is 1.50 bits per heavy atom. The van der Waals surface area contributed by atoms with Crippen molar-refractivity contribution >= 4 is 11.9 Å². The van der Waals surface area contributed by atoms with Crippen LogP contribution in [-0.4, -0.2) is 47.2 Å². The van der Waals surface area contributed by atoms with Gasteiger partial charge in [0.1, 0.15) is 6.17 Å². The Labute approximate surface area is 137 Å². The van der Waals surface area contributed by atoms with Crippen LogP contribution in [0.4, 0.5) is 4.39 Å². The molecule has 1 saturated carbocycles. The number of hydrogen-bond acceptors (Lipinski definition) is 1. The molecule has 1 rings (SSSR count). The predicted octanol–water partition coefficient (Wildman–Crippen LogP) is 4.46. The summed E-state index contributed by atoms with van der Waals surface area (Å²) < 4.78 is 16.7. The molecule has 0 aromatic carbocycles. The van der Waals surface area contributed by atoms with Crippen molar-refractivity contribution in [3.63, 3.8) is 0 Å². The van der Waals surface area contributed by atoms with Crippen molar-refractivity contribution in [2.45, 2.75) is 25.4 Å². The van der Waals surface area contributed by atoms with Gasteiger partial charge in [0.2, 0.25) is 0 Å². The fraction of sp³-hybridized carbons (Fsp3) is 0.917. The van der Waals surface area contributed by atoms with Crippen molar-refractivity contribution in [1.29, 1.82) is 0 Å². The molecule has 0 aromatic heterocycles. The molecule has 0 aromatic rings. The quantitative estimate of drug-likeness (QED) is 0.543. The minimum absolute atomic E-state index is 0.